The van der Waals surface area contributed by atoms with E-state index in [-0.39, 0.29) is 5.97 Å². The normalized spacial score (nSPS) is 22.3. The highest BCUT2D eigenvalue weighted by atomic mass is 35.5. The van der Waals surface area contributed by atoms with E-state index >= 15 is 0 Å². The number of H-pyrrole nitrogens is 1. The van der Waals surface area contributed by atoms with Gasteiger partial charge in [-0.1, -0.05) is 11.6 Å². The van der Waals surface area contributed by atoms with Gasteiger partial charge < -0.3 is 9.72 Å². The summed E-state index contributed by atoms with van der Waals surface area (Å²) in [5.41, 5.74) is 2.19. The molecular weight excluding hydrogens is 264 g/mol. The van der Waals surface area contributed by atoms with Gasteiger partial charge in [0.2, 0.25) is 0 Å². The highest BCUT2D eigenvalue weighted by molar-refractivity contribution is 6.31. The summed E-state index contributed by atoms with van der Waals surface area (Å²) in [7, 11) is 1.41. The van der Waals surface area contributed by atoms with Gasteiger partial charge in [0.15, 0.2) is 5.54 Å². The van der Waals surface area contributed by atoms with Crippen molar-refractivity contribution in [1.29, 1.82) is 0 Å². The zero-order valence-corrected chi connectivity index (χ0v) is 11.6. The lowest BCUT2D eigenvalue weighted by molar-refractivity contribution is -0.148. The number of ether oxygens (including phenoxy) is 1. The molecule has 1 aliphatic heterocycles. The van der Waals surface area contributed by atoms with Crippen molar-refractivity contribution in [3.63, 3.8) is 0 Å². The van der Waals surface area contributed by atoms with Crippen LogP contribution in [0.4, 0.5) is 0 Å². The smallest absolute Gasteiger partial charge is 0.331 e. The van der Waals surface area contributed by atoms with Crippen molar-refractivity contribution in [3.8, 4) is 0 Å². The van der Waals surface area contributed by atoms with Crippen molar-refractivity contribution in [1.82, 2.24) is 10.3 Å². The second-order valence-corrected chi connectivity index (χ2v) is 5.40. The molecule has 0 radical (unpaired) electrons. The van der Waals surface area contributed by atoms with E-state index in [0.717, 1.165) is 35.1 Å². The summed E-state index contributed by atoms with van der Waals surface area (Å²) < 4.78 is 4.92. The Morgan fingerprint density at radius 2 is 2.26 bits per heavy atom. The number of methoxy groups -OCH3 is 1. The molecule has 5 heteroatoms. The Bertz CT molecular complexity index is 665. The number of nitrogens with one attached hydrogen (secondary N) is 2. The number of hydrogen-bond donors (Lipinski definition) is 2. The molecule has 19 heavy (non-hydrogen) atoms. The molecule has 2 N–H and O–H groups in total. The molecule has 0 spiro atoms. The summed E-state index contributed by atoms with van der Waals surface area (Å²) in [6, 6.07) is 5.72. The van der Waals surface area contributed by atoms with Gasteiger partial charge in [-0.3, -0.25) is 5.32 Å². The number of carbonyl (C=O) groups excluding carboxylic acids is 1. The number of hydrogen-bond acceptors (Lipinski definition) is 3. The van der Waals surface area contributed by atoms with Gasteiger partial charge in [0.05, 0.1) is 12.8 Å². The largest absolute Gasteiger partial charge is 0.467 e. The van der Waals surface area contributed by atoms with Crippen LogP contribution in [0, 0.1) is 0 Å². The number of esters is 1. The van der Waals surface area contributed by atoms with Gasteiger partial charge in [-0.2, -0.15) is 0 Å². The molecule has 1 atom stereocenters. The third-order valence-corrected chi connectivity index (χ3v) is 4.05. The van der Waals surface area contributed by atoms with Crippen LogP contribution in [0.3, 0.4) is 0 Å². The van der Waals surface area contributed by atoms with Crippen LogP contribution < -0.4 is 5.32 Å². The average Bonchev–Trinajstić information content (AvgIpc) is 2.78. The van der Waals surface area contributed by atoms with Crippen LogP contribution in [0.1, 0.15) is 18.2 Å². The van der Waals surface area contributed by atoms with E-state index in [9.17, 15) is 4.79 Å². The molecule has 4 nitrogen and oxygen atoms in total. The van der Waals surface area contributed by atoms with Gasteiger partial charge >= 0.3 is 5.97 Å². The van der Waals surface area contributed by atoms with Crippen LogP contribution in [-0.4, -0.2) is 24.6 Å². The molecule has 1 aliphatic rings. The van der Waals surface area contributed by atoms with Gasteiger partial charge in [-0.25, -0.2) is 4.79 Å². The van der Waals surface area contributed by atoms with Crippen molar-refractivity contribution in [2.45, 2.75) is 18.9 Å². The van der Waals surface area contributed by atoms with E-state index in [1.54, 1.807) is 0 Å². The zero-order valence-electron chi connectivity index (χ0n) is 10.8. The van der Waals surface area contributed by atoms with Crippen molar-refractivity contribution in [2.75, 3.05) is 13.7 Å². The Labute approximate surface area is 116 Å². The van der Waals surface area contributed by atoms with Gasteiger partial charge in [-0.05, 0) is 37.1 Å². The van der Waals surface area contributed by atoms with Crippen molar-refractivity contribution >= 4 is 28.5 Å². The Morgan fingerprint density at radius 1 is 1.47 bits per heavy atom. The number of aromatic nitrogens is 1. The fourth-order valence-electron chi connectivity index (χ4n) is 2.81. The summed E-state index contributed by atoms with van der Waals surface area (Å²) in [4.78, 5) is 15.4. The van der Waals surface area contributed by atoms with Crippen LogP contribution >= 0.6 is 11.6 Å². The molecule has 0 saturated heterocycles. The molecule has 0 aliphatic carbocycles. The minimum Gasteiger partial charge on any atom is -0.467 e. The Kier molecular flexibility index (Phi) is 2.80. The first-order valence-electron chi connectivity index (χ1n) is 6.20. The number of rotatable bonds is 1. The first-order valence-corrected chi connectivity index (χ1v) is 6.58. The lowest BCUT2D eigenvalue weighted by Gasteiger charge is -2.32. The van der Waals surface area contributed by atoms with Crippen LogP contribution in [0.25, 0.3) is 10.9 Å². The average molecular weight is 279 g/mol. The summed E-state index contributed by atoms with van der Waals surface area (Å²) in [6.07, 6.45) is 0.863. The van der Waals surface area contributed by atoms with E-state index in [1.807, 2.05) is 25.1 Å². The Balaban J connectivity index is 2.26. The minimum atomic E-state index is -0.826. The Hall–Kier alpha value is -1.52. The predicted molar refractivity (Wildman–Crippen MR) is 74.4 cm³/mol. The van der Waals surface area contributed by atoms with E-state index < -0.39 is 5.54 Å². The second-order valence-electron chi connectivity index (χ2n) is 4.96. The molecule has 0 bridgehead atoms. The molecule has 100 valence electrons. The third-order valence-electron chi connectivity index (χ3n) is 3.82. The summed E-state index contributed by atoms with van der Waals surface area (Å²) >= 11 is 6.06. The van der Waals surface area contributed by atoms with Gasteiger partial charge in [0.25, 0.3) is 0 Å². The third kappa shape index (κ3) is 1.75. The number of carbonyl (C=O) groups is 1. The molecule has 1 aromatic heterocycles. The molecule has 0 amide bonds. The van der Waals surface area contributed by atoms with Crippen LogP contribution in [-0.2, 0) is 21.5 Å². The van der Waals surface area contributed by atoms with Crippen LogP contribution in [0.15, 0.2) is 18.2 Å². The monoisotopic (exact) mass is 278 g/mol. The SMILES string of the molecule is COC(=O)C1(C)NCCc2c1[nH]c1ccc(Cl)cc21. The fraction of sp³-hybridized carbons (Fsp3) is 0.357. The number of fused-ring (bicyclic) bond motifs is 3. The van der Waals surface area contributed by atoms with Crippen LogP contribution in [0.5, 0.6) is 0 Å². The van der Waals surface area contributed by atoms with Crippen molar-refractivity contribution in [3.05, 3.63) is 34.5 Å². The highest BCUT2D eigenvalue weighted by Gasteiger charge is 2.42. The maximum absolute atomic E-state index is 12.1. The number of halogens is 1. The van der Waals surface area contributed by atoms with Crippen molar-refractivity contribution in [2.24, 2.45) is 0 Å². The highest BCUT2D eigenvalue weighted by Crippen LogP contribution is 2.35. The second kappa shape index (κ2) is 4.25. The van der Waals surface area contributed by atoms with Gasteiger partial charge in [0.1, 0.15) is 0 Å². The summed E-state index contributed by atoms with van der Waals surface area (Å²) in [5, 5.41) is 5.02. The standard InChI is InChI=1S/C14H15ClN2O2/c1-14(13(18)19-2)12-9(5-6-16-14)10-7-8(15)3-4-11(10)17-12/h3-4,7,16-17H,5-6H2,1-2H3. The zero-order chi connectivity index (χ0) is 13.6. The van der Waals surface area contributed by atoms with Gasteiger partial charge in [0, 0.05) is 22.5 Å². The summed E-state index contributed by atoms with van der Waals surface area (Å²) in [6.45, 7) is 2.58. The predicted octanol–water partition coefficient (Wildman–Crippen LogP) is 2.36. The molecular formula is C14H15ClN2O2. The lowest BCUT2D eigenvalue weighted by Crippen LogP contribution is -2.51. The summed E-state index contributed by atoms with van der Waals surface area (Å²) in [5.74, 6) is -0.286. The van der Waals surface area contributed by atoms with E-state index in [2.05, 4.69) is 10.3 Å². The quantitative estimate of drug-likeness (QED) is 0.788. The lowest BCUT2D eigenvalue weighted by atomic mass is 9.88. The molecule has 2 aromatic rings. The number of benzene rings is 1. The molecule has 0 saturated carbocycles. The first kappa shape index (κ1) is 12.5. The maximum atomic E-state index is 12.1. The van der Waals surface area contributed by atoms with E-state index in [4.69, 9.17) is 16.3 Å². The van der Waals surface area contributed by atoms with Crippen LogP contribution in [0.2, 0.25) is 5.02 Å². The van der Waals surface area contributed by atoms with E-state index in [0.29, 0.717) is 5.02 Å². The molecule has 3 rings (SSSR count). The molecule has 2 heterocycles. The topological polar surface area (TPSA) is 54.1 Å². The maximum Gasteiger partial charge on any atom is 0.331 e. The fourth-order valence-corrected chi connectivity index (χ4v) is 2.98. The first-order chi connectivity index (χ1) is 9.06. The molecule has 1 unspecified atom stereocenters. The van der Waals surface area contributed by atoms with E-state index in [1.165, 1.54) is 7.11 Å². The van der Waals surface area contributed by atoms with Crippen molar-refractivity contribution < 1.29 is 9.53 Å². The molecule has 1 aromatic carbocycles. The Morgan fingerprint density at radius 3 is 3.00 bits per heavy atom. The number of aromatic amines is 1. The minimum absolute atomic E-state index is 0.286. The van der Waals surface area contributed by atoms with Gasteiger partial charge in [-0.15, -0.1) is 0 Å². The molecule has 0 fully saturated rings.